The lowest BCUT2D eigenvalue weighted by Gasteiger charge is -2.10. The van der Waals surface area contributed by atoms with E-state index in [2.05, 4.69) is 13.8 Å². The fraction of sp³-hybridized carbons (Fsp3) is 0.400. The average molecular weight is 184 g/mol. The highest BCUT2D eigenvalue weighted by Crippen LogP contribution is 2.28. The Kier molecular flexibility index (Phi) is 2.63. The quantitative estimate of drug-likeness (QED) is 0.664. The zero-order valence-corrected chi connectivity index (χ0v) is 8.44. The molecule has 1 aromatic rings. The Labute approximate surface area is 78.5 Å². The van der Waals surface area contributed by atoms with E-state index in [1.54, 1.807) is 0 Å². The van der Waals surface area contributed by atoms with Gasteiger partial charge in [0.05, 0.1) is 0 Å². The van der Waals surface area contributed by atoms with E-state index in [0.717, 1.165) is 21.8 Å². The van der Waals surface area contributed by atoms with Crippen molar-refractivity contribution < 1.29 is 0 Å². The fourth-order valence-corrected chi connectivity index (χ4v) is 1.59. The topological polar surface area (TPSA) is 26.0 Å². The Balaban J connectivity index is 3.23. The number of nitrogens with two attached hydrogens (primary N) is 1. The van der Waals surface area contributed by atoms with Crippen molar-refractivity contribution >= 4 is 17.3 Å². The van der Waals surface area contributed by atoms with Crippen molar-refractivity contribution in [3.8, 4) is 0 Å². The maximum atomic E-state index is 6.04. The molecule has 0 saturated heterocycles. The first-order valence-corrected chi connectivity index (χ1v) is 4.45. The van der Waals surface area contributed by atoms with Gasteiger partial charge in [-0.05, 0) is 36.1 Å². The molecule has 0 aliphatic heterocycles. The van der Waals surface area contributed by atoms with Crippen molar-refractivity contribution in [1.82, 2.24) is 0 Å². The van der Waals surface area contributed by atoms with Crippen LogP contribution in [-0.2, 0) is 0 Å². The van der Waals surface area contributed by atoms with E-state index in [4.69, 9.17) is 17.3 Å². The molecule has 0 aromatic heterocycles. The van der Waals surface area contributed by atoms with E-state index < -0.39 is 0 Å². The number of rotatable bonds is 1. The molecule has 0 radical (unpaired) electrons. The van der Waals surface area contributed by atoms with Crippen molar-refractivity contribution in [3.05, 3.63) is 28.3 Å². The van der Waals surface area contributed by atoms with E-state index in [1.165, 1.54) is 0 Å². The largest absolute Gasteiger partial charge is 0.399 e. The molecule has 0 fully saturated rings. The van der Waals surface area contributed by atoms with Crippen LogP contribution in [0, 0.1) is 6.92 Å². The molecule has 0 bridgehead atoms. The van der Waals surface area contributed by atoms with Gasteiger partial charge < -0.3 is 5.73 Å². The molecule has 0 aliphatic carbocycles. The minimum absolute atomic E-state index is 0.431. The lowest BCUT2D eigenvalue weighted by atomic mass is 10.0. The first kappa shape index (κ1) is 9.40. The highest BCUT2D eigenvalue weighted by molar-refractivity contribution is 6.31. The normalized spacial score (nSPS) is 10.8. The summed E-state index contributed by atoms with van der Waals surface area (Å²) in [5.41, 5.74) is 8.76. The van der Waals surface area contributed by atoms with Gasteiger partial charge in [-0.3, -0.25) is 0 Å². The molecule has 1 rings (SSSR count). The molecule has 66 valence electrons. The summed E-state index contributed by atoms with van der Waals surface area (Å²) in [5, 5.41) is 0.816. The van der Waals surface area contributed by atoms with Crippen LogP contribution in [0.4, 0.5) is 5.69 Å². The van der Waals surface area contributed by atoms with Crippen LogP contribution in [0.25, 0.3) is 0 Å². The van der Waals surface area contributed by atoms with E-state index in [9.17, 15) is 0 Å². The highest BCUT2D eigenvalue weighted by Gasteiger charge is 2.06. The molecular formula is C10H14ClN. The van der Waals surface area contributed by atoms with Crippen LogP contribution in [0.3, 0.4) is 0 Å². The number of anilines is 1. The smallest absolute Gasteiger partial charge is 0.0444 e. The average Bonchev–Trinajstić information content (AvgIpc) is 1.96. The third-order valence-electron chi connectivity index (χ3n) is 2.01. The molecule has 1 aromatic carbocycles. The van der Waals surface area contributed by atoms with E-state index >= 15 is 0 Å². The van der Waals surface area contributed by atoms with Crippen LogP contribution in [0.2, 0.25) is 5.02 Å². The zero-order chi connectivity index (χ0) is 9.30. The van der Waals surface area contributed by atoms with Crippen LogP contribution >= 0.6 is 11.6 Å². The second-order valence-corrected chi connectivity index (χ2v) is 3.79. The summed E-state index contributed by atoms with van der Waals surface area (Å²) in [6, 6.07) is 3.88. The monoisotopic (exact) mass is 183 g/mol. The molecule has 0 saturated carbocycles. The first-order chi connectivity index (χ1) is 5.52. The second-order valence-electron chi connectivity index (χ2n) is 3.39. The van der Waals surface area contributed by atoms with Gasteiger partial charge in [-0.15, -0.1) is 0 Å². The van der Waals surface area contributed by atoms with E-state index in [1.807, 2.05) is 19.1 Å². The Morgan fingerprint density at radius 1 is 1.33 bits per heavy atom. The summed E-state index contributed by atoms with van der Waals surface area (Å²) in [6.45, 7) is 6.18. The third kappa shape index (κ3) is 1.72. The van der Waals surface area contributed by atoms with Gasteiger partial charge in [0.1, 0.15) is 0 Å². The predicted octanol–water partition coefficient (Wildman–Crippen LogP) is 3.35. The number of halogens is 1. The molecule has 2 heteroatoms. The molecule has 0 heterocycles. The first-order valence-electron chi connectivity index (χ1n) is 4.08. The summed E-state index contributed by atoms with van der Waals surface area (Å²) < 4.78 is 0. The number of hydrogen-bond donors (Lipinski definition) is 1. The molecule has 0 atom stereocenters. The van der Waals surface area contributed by atoms with Gasteiger partial charge in [0, 0.05) is 10.7 Å². The summed E-state index contributed by atoms with van der Waals surface area (Å²) in [7, 11) is 0. The van der Waals surface area contributed by atoms with E-state index in [0.29, 0.717) is 5.92 Å². The van der Waals surface area contributed by atoms with Crippen molar-refractivity contribution in [2.45, 2.75) is 26.7 Å². The van der Waals surface area contributed by atoms with Gasteiger partial charge >= 0.3 is 0 Å². The molecule has 1 nitrogen and oxygen atoms in total. The summed E-state index contributed by atoms with van der Waals surface area (Å²) in [5.74, 6) is 0.431. The summed E-state index contributed by atoms with van der Waals surface area (Å²) >= 11 is 6.04. The van der Waals surface area contributed by atoms with Gasteiger partial charge in [-0.1, -0.05) is 25.4 Å². The van der Waals surface area contributed by atoms with Crippen LogP contribution in [0.1, 0.15) is 30.9 Å². The maximum Gasteiger partial charge on any atom is 0.0444 e. The molecule has 0 unspecified atom stereocenters. The molecule has 0 amide bonds. The minimum atomic E-state index is 0.431. The van der Waals surface area contributed by atoms with Gasteiger partial charge in [0.25, 0.3) is 0 Å². The van der Waals surface area contributed by atoms with Crippen LogP contribution in [0.5, 0.6) is 0 Å². The van der Waals surface area contributed by atoms with Crippen molar-refractivity contribution in [1.29, 1.82) is 0 Å². The minimum Gasteiger partial charge on any atom is -0.399 e. The third-order valence-corrected chi connectivity index (χ3v) is 2.33. The van der Waals surface area contributed by atoms with Gasteiger partial charge in [-0.2, -0.15) is 0 Å². The number of hydrogen-bond acceptors (Lipinski definition) is 1. The standard InChI is InChI=1S/C10H14ClN/c1-6(2)8-5-10(12)7(3)4-9(8)11/h4-6H,12H2,1-3H3. The van der Waals surface area contributed by atoms with E-state index in [-0.39, 0.29) is 0 Å². The van der Waals surface area contributed by atoms with Crippen LogP contribution < -0.4 is 5.73 Å². The van der Waals surface area contributed by atoms with Crippen molar-refractivity contribution in [2.24, 2.45) is 0 Å². The van der Waals surface area contributed by atoms with Crippen LogP contribution in [-0.4, -0.2) is 0 Å². The number of benzene rings is 1. The molecule has 0 spiro atoms. The number of aryl methyl sites for hydroxylation is 1. The fourth-order valence-electron chi connectivity index (χ4n) is 1.15. The van der Waals surface area contributed by atoms with Gasteiger partial charge in [0.2, 0.25) is 0 Å². The predicted molar refractivity (Wildman–Crippen MR) is 54.7 cm³/mol. The SMILES string of the molecule is Cc1cc(Cl)c(C(C)C)cc1N. The van der Waals surface area contributed by atoms with Crippen molar-refractivity contribution in [3.63, 3.8) is 0 Å². The molecule has 2 N–H and O–H groups in total. The summed E-state index contributed by atoms with van der Waals surface area (Å²) in [4.78, 5) is 0. The summed E-state index contributed by atoms with van der Waals surface area (Å²) in [6.07, 6.45) is 0. The molecular weight excluding hydrogens is 170 g/mol. The Bertz CT molecular complexity index is 292. The van der Waals surface area contributed by atoms with Gasteiger partial charge in [0.15, 0.2) is 0 Å². The lowest BCUT2D eigenvalue weighted by Crippen LogP contribution is -1.95. The second kappa shape index (κ2) is 3.36. The maximum absolute atomic E-state index is 6.04. The lowest BCUT2D eigenvalue weighted by molar-refractivity contribution is 0.867. The zero-order valence-electron chi connectivity index (χ0n) is 7.69. The Morgan fingerprint density at radius 3 is 2.42 bits per heavy atom. The van der Waals surface area contributed by atoms with Gasteiger partial charge in [-0.25, -0.2) is 0 Å². The number of nitrogen functional groups attached to an aromatic ring is 1. The van der Waals surface area contributed by atoms with Crippen molar-refractivity contribution in [2.75, 3.05) is 5.73 Å². The Morgan fingerprint density at radius 2 is 1.92 bits per heavy atom. The Hall–Kier alpha value is -0.690. The molecule has 12 heavy (non-hydrogen) atoms. The highest BCUT2D eigenvalue weighted by atomic mass is 35.5. The van der Waals surface area contributed by atoms with Crippen LogP contribution in [0.15, 0.2) is 12.1 Å². The molecule has 0 aliphatic rings.